The van der Waals surface area contributed by atoms with Crippen LogP contribution in [0.2, 0.25) is 0 Å². The van der Waals surface area contributed by atoms with Crippen LogP contribution in [0.5, 0.6) is 0 Å². The largest absolute Gasteiger partial charge is 0.477 e. The number of hydrogen-bond acceptors (Lipinski definition) is 1. The van der Waals surface area contributed by atoms with Gasteiger partial charge in [-0.1, -0.05) is 0 Å². The number of rotatable bonds is 1. The van der Waals surface area contributed by atoms with Gasteiger partial charge in [0.2, 0.25) is 5.82 Å². The summed E-state index contributed by atoms with van der Waals surface area (Å²) >= 11 is 0. The third-order valence-electron chi connectivity index (χ3n) is 1.42. The topological polar surface area (TPSA) is 37.3 Å². The SMILES string of the molecule is O=C(O)c1c(F)c(F)c(F)c(F)c1F.[Sc]. The Bertz CT molecular complexity index is 391. The molecule has 0 aliphatic heterocycles. The van der Waals surface area contributed by atoms with Crippen molar-refractivity contribution in [2.75, 3.05) is 0 Å². The number of aromatic carboxylic acids is 1. The van der Waals surface area contributed by atoms with Gasteiger partial charge >= 0.3 is 5.97 Å². The molecule has 8 heteroatoms. The predicted octanol–water partition coefficient (Wildman–Crippen LogP) is 2.08. The minimum Gasteiger partial charge on any atom is -0.477 e. The van der Waals surface area contributed by atoms with E-state index in [0.717, 1.165) is 0 Å². The first-order chi connectivity index (χ1) is 6.37. The molecule has 0 heterocycles. The molecule has 1 rings (SSSR count). The maximum atomic E-state index is 12.6. The molecule has 0 atom stereocenters. The van der Waals surface area contributed by atoms with Gasteiger partial charge in [-0.2, -0.15) is 0 Å². The summed E-state index contributed by atoms with van der Waals surface area (Å²) in [6.07, 6.45) is 0. The van der Waals surface area contributed by atoms with E-state index in [0.29, 0.717) is 0 Å². The van der Waals surface area contributed by atoms with Crippen molar-refractivity contribution in [1.82, 2.24) is 0 Å². The van der Waals surface area contributed by atoms with E-state index in [-0.39, 0.29) is 25.8 Å². The Kier molecular flexibility index (Phi) is 4.57. The van der Waals surface area contributed by atoms with Gasteiger partial charge in [0.1, 0.15) is 5.56 Å². The minimum absolute atomic E-state index is 0. The molecule has 79 valence electrons. The summed E-state index contributed by atoms with van der Waals surface area (Å²) in [6, 6.07) is 0. The fourth-order valence-electron chi connectivity index (χ4n) is 0.793. The number of benzene rings is 1. The second-order valence-electron chi connectivity index (χ2n) is 2.25. The third-order valence-corrected chi connectivity index (χ3v) is 1.42. The van der Waals surface area contributed by atoms with Crippen LogP contribution in [0.1, 0.15) is 10.4 Å². The van der Waals surface area contributed by atoms with Crippen LogP contribution in [-0.2, 0) is 25.8 Å². The Morgan fingerprint density at radius 2 is 1.07 bits per heavy atom. The van der Waals surface area contributed by atoms with Gasteiger partial charge in [-0.05, 0) is 0 Å². The molecule has 0 aromatic heterocycles. The Labute approximate surface area is 98.5 Å². The summed E-state index contributed by atoms with van der Waals surface area (Å²) in [4.78, 5) is 10.1. The van der Waals surface area contributed by atoms with E-state index >= 15 is 0 Å². The van der Waals surface area contributed by atoms with Gasteiger partial charge in [0.05, 0.1) is 0 Å². The summed E-state index contributed by atoms with van der Waals surface area (Å²) in [6.45, 7) is 0. The molecule has 15 heavy (non-hydrogen) atoms. The minimum atomic E-state index is -2.38. The van der Waals surface area contributed by atoms with Crippen molar-refractivity contribution in [1.29, 1.82) is 0 Å². The van der Waals surface area contributed by atoms with Crippen LogP contribution in [0.4, 0.5) is 22.0 Å². The molecular formula is C7HF5O2Sc. The Morgan fingerprint density at radius 1 is 0.800 bits per heavy atom. The molecule has 0 bridgehead atoms. The quantitative estimate of drug-likeness (QED) is 0.475. The van der Waals surface area contributed by atoms with E-state index in [9.17, 15) is 26.7 Å². The van der Waals surface area contributed by atoms with Gasteiger partial charge in [-0.3, -0.25) is 0 Å². The number of halogens is 5. The standard InChI is InChI=1S/C7HF5O2.Sc/c8-2-1(7(13)14)3(9)5(11)6(12)4(2)10;/h(H,13,14);. The summed E-state index contributed by atoms with van der Waals surface area (Å²) in [5, 5.41) is 8.15. The number of hydrogen-bond donors (Lipinski definition) is 1. The summed E-state index contributed by atoms with van der Waals surface area (Å²) < 4.78 is 62.1. The van der Waals surface area contributed by atoms with Crippen LogP contribution in [-0.4, -0.2) is 11.1 Å². The molecule has 1 aromatic rings. The van der Waals surface area contributed by atoms with Crippen LogP contribution in [0.3, 0.4) is 0 Å². The maximum Gasteiger partial charge on any atom is 0.341 e. The van der Waals surface area contributed by atoms with Crippen molar-refractivity contribution in [3.8, 4) is 0 Å². The Balaban J connectivity index is 0.00000196. The van der Waals surface area contributed by atoms with Crippen molar-refractivity contribution in [3.05, 3.63) is 34.6 Å². The molecule has 2 nitrogen and oxygen atoms in total. The molecule has 0 saturated carbocycles. The van der Waals surface area contributed by atoms with Crippen LogP contribution >= 0.6 is 0 Å². The van der Waals surface area contributed by atoms with Crippen molar-refractivity contribution in [2.24, 2.45) is 0 Å². The first-order valence-electron chi connectivity index (χ1n) is 3.12. The molecule has 1 radical (unpaired) electrons. The monoisotopic (exact) mass is 257 g/mol. The smallest absolute Gasteiger partial charge is 0.341 e. The van der Waals surface area contributed by atoms with Gasteiger partial charge in [0.15, 0.2) is 23.3 Å². The maximum absolute atomic E-state index is 12.6. The van der Waals surface area contributed by atoms with Crippen molar-refractivity contribution in [2.45, 2.75) is 0 Å². The van der Waals surface area contributed by atoms with Crippen LogP contribution < -0.4 is 0 Å². The second-order valence-corrected chi connectivity index (χ2v) is 2.25. The van der Waals surface area contributed by atoms with E-state index in [4.69, 9.17) is 5.11 Å². The molecule has 1 N–H and O–H groups in total. The first kappa shape index (κ1) is 14.2. The normalized spacial score (nSPS) is 9.67. The Morgan fingerprint density at radius 3 is 1.33 bits per heavy atom. The first-order valence-corrected chi connectivity index (χ1v) is 3.12. The van der Waals surface area contributed by atoms with Crippen LogP contribution in [0.15, 0.2) is 0 Å². The molecule has 0 fully saturated rings. The molecule has 0 unspecified atom stereocenters. The van der Waals surface area contributed by atoms with E-state index < -0.39 is 40.6 Å². The summed E-state index contributed by atoms with van der Waals surface area (Å²) in [7, 11) is 0. The van der Waals surface area contributed by atoms with E-state index in [1.807, 2.05) is 0 Å². The van der Waals surface area contributed by atoms with Crippen molar-refractivity contribution in [3.63, 3.8) is 0 Å². The molecule has 0 aliphatic carbocycles. The second kappa shape index (κ2) is 4.82. The van der Waals surface area contributed by atoms with Gasteiger partial charge < -0.3 is 5.11 Å². The summed E-state index contributed by atoms with van der Waals surface area (Å²) in [5.41, 5.74) is -1.86. The fraction of sp³-hybridized carbons (Fsp3) is 0. The van der Waals surface area contributed by atoms with Crippen molar-refractivity contribution >= 4 is 5.97 Å². The third kappa shape index (κ3) is 2.24. The Hall–Kier alpha value is -0.790. The predicted molar refractivity (Wildman–Crippen MR) is 33.2 cm³/mol. The molecular weight excluding hydrogens is 256 g/mol. The molecule has 0 aliphatic rings. The average Bonchev–Trinajstić information content (AvgIpc) is 2.11. The molecule has 1 aromatic carbocycles. The van der Waals surface area contributed by atoms with E-state index in [1.165, 1.54) is 0 Å². The summed E-state index contributed by atoms with van der Waals surface area (Å²) in [5.74, 6) is -13.9. The zero-order chi connectivity index (χ0) is 11.0. The van der Waals surface area contributed by atoms with E-state index in [2.05, 4.69) is 0 Å². The number of carbonyl (C=O) groups is 1. The van der Waals surface area contributed by atoms with Gasteiger partial charge in [0, 0.05) is 25.8 Å². The molecule has 0 spiro atoms. The van der Waals surface area contributed by atoms with E-state index in [1.54, 1.807) is 0 Å². The molecule has 0 amide bonds. The zero-order valence-corrected chi connectivity index (χ0v) is 8.63. The van der Waals surface area contributed by atoms with Gasteiger partial charge in [0.25, 0.3) is 0 Å². The van der Waals surface area contributed by atoms with Crippen LogP contribution in [0.25, 0.3) is 0 Å². The number of carboxylic acid groups (broad SMARTS) is 1. The zero-order valence-electron chi connectivity index (χ0n) is 6.82. The fourth-order valence-corrected chi connectivity index (χ4v) is 0.793. The number of carboxylic acids is 1. The van der Waals surface area contributed by atoms with Gasteiger partial charge in [-0.25, -0.2) is 26.7 Å². The van der Waals surface area contributed by atoms with Gasteiger partial charge in [-0.15, -0.1) is 0 Å². The van der Waals surface area contributed by atoms with Crippen molar-refractivity contribution < 1.29 is 57.7 Å². The average molecular weight is 257 g/mol. The van der Waals surface area contributed by atoms with Crippen LogP contribution in [0, 0.1) is 29.1 Å². The molecule has 0 saturated heterocycles.